The first-order valence-corrected chi connectivity index (χ1v) is 6.49. The second-order valence-electron chi connectivity index (χ2n) is 4.82. The van der Waals surface area contributed by atoms with Gasteiger partial charge in [-0.25, -0.2) is 0 Å². The van der Waals surface area contributed by atoms with Crippen molar-refractivity contribution in [3.8, 4) is 0 Å². The smallest absolute Gasteiger partial charge is 0.0299 e. The minimum Gasteiger partial charge on any atom is -0.317 e. The van der Waals surface area contributed by atoms with E-state index >= 15 is 0 Å². The second kappa shape index (κ2) is 6.00. The minimum atomic E-state index is 0.864. The lowest BCUT2D eigenvalue weighted by Gasteiger charge is -2.19. The van der Waals surface area contributed by atoms with Gasteiger partial charge in [-0.15, -0.1) is 0 Å². The Morgan fingerprint density at radius 2 is 2.25 bits per heavy atom. The van der Waals surface area contributed by atoms with Gasteiger partial charge in [-0.2, -0.15) is 0 Å². The Bertz CT molecular complexity index is 297. The summed E-state index contributed by atoms with van der Waals surface area (Å²) in [6.07, 6.45) is 9.28. The molecule has 1 fully saturated rings. The van der Waals surface area contributed by atoms with E-state index in [9.17, 15) is 0 Å². The van der Waals surface area contributed by atoms with Gasteiger partial charge in [-0.3, -0.25) is 4.98 Å². The molecule has 0 spiro atoms. The van der Waals surface area contributed by atoms with Crippen LogP contribution in [-0.2, 0) is 6.42 Å². The maximum absolute atomic E-state index is 4.20. The number of aromatic nitrogens is 1. The zero-order chi connectivity index (χ0) is 11.2. The maximum atomic E-state index is 4.20. The molecular weight excluding hydrogens is 196 g/mol. The molecule has 1 saturated carbocycles. The summed E-state index contributed by atoms with van der Waals surface area (Å²) >= 11 is 0. The zero-order valence-corrected chi connectivity index (χ0v) is 10.2. The summed E-state index contributed by atoms with van der Waals surface area (Å²) in [6.45, 7) is 4.47. The van der Waals surface area contributed by atoms with Crippen LogP contribution < -0.4 is 5.32 Å². The predicted molar refractivity (Wildman–Crippen MR) is 67.3 cm³/mol. The van der Waals surface area contributed by atoms with Gasteiger partial charge in [0.1, 0.15) is 0 Å². The van der Waals surface area contributed by atoms with E-state index in [1.54, 1.807) is 0 Å². The molecule has 2 unspecified atom stereocenters. The SMILES string of the molecule is CCNCC1CCCC1Cc1cccnc1. The molecule has 0 amide bonds. The second-order valence-corrected chi connectivity index (χ2v) is 4.82. The highest BCUT2D eigenvalue weighted by Crippen LogP contribution is 2.33. The molecule has 16 heavy (non-hydrogen) atoms. The molecule has 88 valence electrons. The van der Waals surface area contributed by atoms with E-state index in [4.69, 9.17) is 0 Å². The standard InChI is InChI=1S/C14H22N2/c1-2-15-11-14-7-3-6-13(14)9-12-5-4-8-16-10-12/h4-5,8,10,13-15H,2-3,6-7,9,11H2,1H3. The molecular formula is C14H22N2. The lowest BCUT2D eigenvalue weighted by molar-refractivity contribution is 0.368. The molecule has 2 rings (SSSR count). The number of rotatable bonds is 5. The summed E-state index contributed by atoms with van der Waals surface area (Å²) in [6, 6.07) is 4.25. The number of hydrogen-bond acceptors (Lipinski definition) is 2. The topological polar surface area (TPSA) is 24.9 Å². The van der Waals surface area contributed by atoms with Gasteiger partial charge in [0, 0.05) is 12.4 Å². The summed E-state index contributed by atoms with van der Waals surface area (Å²) in [5.74, 6) is 1.74. The molecule has 2 atom stereocenters. The van der Waals surface area contributed by atoms with Crippen molar-refractivity contribution < 1.29 is 0 Å². The van der Waals surface area contributed by atoms with Crippen molar-refractivity contribution in [2.75, 3.05) is 13.1 Å². The molecule has 1 aliphatic rings. The van der Waals surface area contributed by atoms with Crippen molar-refractivity contribution >= 4 is 0 Å². The van der Waals surface area contributed by atoms with Gasteiger partial charge in [-0.1, -0.05) is 19.4 Å². The highest BCUT2D eigenvalue weighted by molar-refractivity contribution is 5.10. The minimum absolute atomic E-state index is 0.864. The Balaban J connectivity index is 1.88. The van der Waals surface area contributed by atoms with E-state index in [-0.39, 0.29) is 0 Å². The van der Waals surface area contributed by atoms with E-state index < -0.39 is 0 Å². The van der Waals surface area contributed by atoms with Crippen LogP contribution in [0.3, 0.4) is 0 Å². The fourth-order valence-corrected chi connectivity index (χ4v) is 2.80. The number of nitrogens with one attached hydrogen (secondary N) is 1. The van der Waals surface area contributed by atoms with Crippen LogP contribution in [0.5, 0.6) is 0 Å². The molecule has 1 N–H and O–H groups in total. The summed E-state index contributed by atoms with van der Waals surface area (Å²) in [5, 5.41) is 3.49. The zero-order valence-electron chi connectivity index (χ0n) is 10.2. The van der Waals surface area contributed by atoms with Crippen LogP contribution in [0.1, 0.15) is 31.7 Å². The third kappa shape index (κ3) is 3.05. The molecule has 2 nitrogen and oxygen atoms in total. The Kier molecular flexibility index (Phi) is 4.34. The first-order valence-electron chi connectivity index (χ1n) is 6.49. The van der Waals surface area contributed by atoms with Crippen molar-refractivity contribution in [3.63, 3.8) is 0 Å². The quantitative estimate of drug-likeness (QED) is 0.822. The molecule has 0 aromatic carbocycles. The van der Waals surface area contributed by atoms with Crippen LogP contribution in [0.15, 0.2) is 24.5 Å². The lowest BCUT2D eigenvalue weighted by atomic mass is 9.90. The van der Waals surface area contributed by atoms with Gasteiger partial charge in [0.25, 0.3) is 0 Å². The third-order valence-electron chi connectivity index (χ3n) is 3.69. The predicted octanol–water partition coefficient (Wildman–Crippen LogP) is 2.65. The van der Waals surface area contributed by atoms with Crippen molar-refractivity contribution in [1.29, 1.82) is 0 Å². The van der Waals surface area contributed by atoms with Gasteiger partial charge < -0.3 is 5.32 Å². The van der Waals surface area contributed by atoms with E-state index in [2.05, 4.69) is 23.3 Å². The molecule has 0 radical (unpaired) electrons. The van der Waals surface area contributed by atoms with Gasteiger partial charge in [0.05, 0.1) is 0 Å². The van der Waals surface area contributed by atoms with Gasteiger partial charge >= 0.3 is 0 Å². The van der Waals surface area contributed by atoms with E-state index in [1.807, 2.05) is 18.5 Å². The van der Waals surface area contributed by atoms with E-state index in [0.29, 0.717) is 0 Å². The Labute approximate surface area is 98.5 Å². The van der Waals surface area contributed by atoms with Gasteiger partial charge in [-0.05, 0) is 55.8 Å². The molecule has 2 heteroatoms. The Morgan fingerprint density at radius 3 is 3.00 bits per heavy atom. The number of hydrogen-bond donors (Lipinski definition) is 1. The van der Waals surface area contributed by atoms with Crippen molar-refractivity contribution in [3.05, 3.63) is 30.1 Å². The lowest BCUT2D eigenvalue weighted by Crippen LogP contribution is -2.25. The van der Waals surface area contributed by atoms with Crippen LogP contribution in [0.4, 0.5) is 0 Å². The average Bonchev–Trinajstić information content (AvgIpc) is 2.75. The van der Waals surface area contributed by atoms with Crippen LogP contribution in [0, 0.1) is 11.8 Å². The molecule has 0 bridgehead atoms. The van der Waals surface area contributed by atoms with Crippen molar-refractivity contribution in [2.24, 2.45) is 11.8 Å². The van der Waals surface area contributed by atoms with Crippen LogP contribution in [0.25, 0.3) is 0 Å². The average molecular weight is 218 g/mol. The number of pyridine rings is 1. The first kappa shape index (κ1) is 11.6. The first-order chi connectivity index (χ1) is 7.90. The van der Waals surface area contributed by atoms with Crippen LogP contribution in [0.2, 0.25) is 0 Å². The molecule has 1 aromatic rings. The Hall–Kier alpha value is -0.890. The monoisotopic (exact) mass is 218 g/mol. The summed E-state index contributed by atoms with van der Waals surface area (Å²) in [4.78, 5) is 4.20. The van der Waals surface area contributed by atoms with Crippen molar-refractivity contribution in [1.82, 2.24) is 10.3 Å². The fourth-order valence-electron chi connectivity index (χ4n) is 2.80. The summed E-state index contributed by atoms with van der Waals surface area (Å²) in [5.41, 5.74) is 1.40. The van der Waals surface area contributed by atoms with E-state index in [0.717, 1.165) is 18.4 Å². The van der Waals surface area contributed by atoms with Crippen LogP contribution >= 0.6 is 0 Å². The highest BCUT2D eigenvalue weighted by atomic mass is 14.8. The summed E-state index contributed by atoms with van der Waals surface area (Å²) < 4.78 is 0. The van der Waals surface area contributed by atoms with Crippen molar-refractivity contribution in [2.45, 2.75) is 32.6 Å². The summed E-state index contributed by atoms with van der Waals surface area (Å²) in [7, 11) is 0. The van der Waals surface area contributed by atoms with Crippen LogP contribution in [-0.4, -0.2) is 18.1 Å². The van der Waals surface area contributed by atoms with Gasteiger partial charge in [0.2, 0.25) is 0 Å². The Morgan fingerprint density at radius 1 is 1.38 bits per heavy atom. The number of nitrogens with zero attached hydrogens (tertiary/aromatic N) is 1. The van der Waals surface area contributed by atoms with Gasteiger partial charge in [0.15, 0.2) is 0 Å². The molecule has 1 heterocycles. The van der Waals surface area contributed by atoms with E-state index in [1.165, 1.54) is 37.8 Å². The third-order valence-corrected chi connectivity index (χ3v) is 3.69. The maximum Gasteiger partial charge on any atom is 0.0299 e. The molecule has 0 saturated heterocycles. The fraction of sp³-hybridized carbons (Fsp3) is 0.643. The molecule has 1 aromatic heterocycles. The highest BCUT2D eigenvalue weighted by Gasteiger charge is 2.26. The normalized spacial score (nSPS) is 24.8. The molecule has 0 aliphatic heterocycles. The molecule has 1 aliphatic carbocycles. The largest absolute Gasteiger partial charge is 0.317 e.